The molecule has 2 aromatic heterocycles. The van der Waals surface area contributed by atoms with Crippen molar-refractivity contribution in [1.82, 2.24) is 9.97 Å². The number of benzene rings is 3. The van der Waals surface area contributed by atoms with Gasteiger partial charge in [-0.25, -0.2) is 19.2 Å². The predicted octanol–water partition coefficient (Wildman–Crippen LogP) is 11.8. The van der Waals surface area contributed by atoms with Gasteiger partial charge in [0.2, 0.25) is 0 Å². The molecule has 0 fully saturated rings. The molecule has 0 radical (unpaired) electrons. The molecule has 0 aliphatic carbocycles. The smallest absolute Gasteiger partial charge is 0.345 e. The first-order valence-corrected chi connectivity index (χ1v) is 23.2. The molecular weight excluding hydrogens is 863 g/mol. The molecule has 0 N–H and O–H groups in total. The number of hydrogen-bond donors (Lipinski definition) is 0. The Labute approximate surface area is 398 Å². The van der Waals surface area contributed by atoms with Crippen molar-refractivity contribution in [3.63, 3.8) is 0 Å². The van der Waals surface area contributed by atoms with Crippen LogP contribution in [0.25, 0.3) is 22.5 Å². The van der Waals surface area contributed by atoms with Crippen molar-refractivity contribution in [2.24, 2.45) is 0 Å². The zero-order valence-electron chi connectivity index (χ0n) is 38.5. The number of nitrogens with zero attached hydrogens (tertiary/aromatic N) is 3. The van der Waals surface area contributed by atoms with Gasteiger partial charge in [0.25, 0.3) is 0 Å². The summed E-state index contributed by atoms with van der Waals surface area (Å²) < 4.78 is 33.1. The van der Waals surface area contributed by atoms with E-state index in [0.29, 0.717) is 37.8 Å². The number of rotatable bonds is 30. The molecular formula is C55H59N3O10. The second-order valence-electron chi connectivity index (χ2n) is 15.9. The lowest BCUT2D eigenvalue weighted by atomic mass is 10.1. The molecule has 13 nitrogen and oxygen atoms in total. The first-order valence-electron chi connectivity index (χ1n) is 23.2. The summed E-state index contributed by atoms with van der Waals surface area (Å²) in [7, 11) is 0. The molecule has 5 aromatic rings. The van der Waals surface area contributed by atoms with Gasteiger partial charge in [0, 0.05) is 41.7 Å². The summed E-state index contributed by atoms with van der Waals surface area (Å²) in [5.41, 5.74) is 3.50. The maximum atomic E-state index is 13.3. The highest BCUT2D eigenvalue weighted by Crippen LogP contribution is 2.31. The highest BCUT2D eigenvalue weighted by molar-refractivity contribution is 5.93. The number of pyridine rings is 2. The van der Waals surface area contributed by atoms with Crippen molar-refractivity contribution >= 4 is 23.9 Å². The topological polar surface area (TPSA) is 173 Å². The van der Waals surface area contributed by atoms with E-state index in [9.17, 15) is 24.4 Å². The third-order valence-electron chi connectivity index (χ3n) is 10.7. The average Bonchev–Trinajstić information content (AvgIpc) is 3.37. The normalized spacial score (nSPS) is 10.6. The molecule has 0 aliphatic heterocycles. The van der Waals surface area contributed by atoms with Gasteiger partial charge in [0.05, 0.1) is 60.6 Å². The number of nitriles is 1. The molecule has 0 atom stereocenters. The Bertz CT molecular complexity index is 2430. The van der Waals surface area contributed by atoms with Crippen LogP contribution in [0.2, 0.25) is 0 Å². The van der Waals surface area contributed by atoms with Crippen molar-refractivity contribution in [2.45, 2.75) is 89.9 Å². The Morgan fingerprint density at radius 3 is 1.26 bits per heavy atom. The molecule has 0 amide bonds. The lowest BCUT2D eigenvalue weighted by Gasteiger charge is -2.11. The highest BCUT2D eigenvalue weighted by atomic mass is 16.6. The quantitative estimate of drug-likeness (QED) is 0.0184. The van der Waals surface area contributed by atoms with E-state index in [1.165, 1.54) is 42.7 Å². The Hall–Kier alpha value is -7.59. The monoisotopic (exact) mass is 921 g/mol. The second kappa shape index (κ2) is 29.1. The molecule has 13 heteroatoms. The average molecular weight is 922 g/mol. The third kappa shape index (κ3) is 18.0. The van der Waals surface area contributed by atoms with Crippen LogP contribution < -0.4 is 18.9 Å². The molecule has 0 saturated heterocycles. The summed E-state index contributed by atoms with van der Waals surface area (Å²) in [5.74, 6) is -0.865. The summed E-state index contributed by atoms with van der Waals surface area (Å²) in [6, 6.07) is 27.9. The van der Waals surface area contributed by atoms with Crippen LogP contribution in [0.15, 0.2) is 129 Å². The van der Waals surface area contributed by atoms with Crippen LogP contribution >= 0.6 is 0 Å². The summed E-state index contributed by atoms with van der Waals surface area (Å²) in [5, 5.41) is 9.54. The number of esters is 4. The van der Waals surface area contributed by atoms with Gasteiger partial charge in [0.15, 0.2) is 11.5 Å². The number of unbranched alkanes of at least 4 members (excludes halogenated alkanes) is 12. The first-order chi connectivity index (χ1) is 33.3. The van der Waals surface area contributed by atoms with Crippen molar-refractivity contribution < 1.29 is 47.6 Å². The molecule has 68 heavy (non-hydrogen) atoms. The van der Waals surface area contributed by atoms with E-state index in [1.807, 2.05) is 54.6 Å². The van der Waals surface area contributed by atoms with Crippen LogP contribution in [0.3, 0.4) is 0 Å². The fraction of sp³-hybridized carbons (Fsp3) is 0.327. The van der Waals surface area contributed by atoms with Gasteiger partial charge in [-0.05, 0) is 111 Å². The molecule has 0 bridgehead atoms. The Morgan fingerprint density at radius 1 is 0.485 bits per heavy atom. The first kappa shape index (κ1) is 51.4. The maximum absolute atomic E-state index is 13.3. The molecule has 0 spiro atoms. The van der Waals surface area contributed by atoms with Crippen molar-refractivity contribution in [2.75, 3.05) is 26.4 Å². The van der Waals surface area contributed by atoms with Gasteiger partial charge < -0.3 is 28.4 Å². The lowest BCUT2D eigenvalue weighted by molar-refractivity contribution is -0.138. The SMILES string of the molecule is C=CC(=O)OCCCCCCCCCOc1ccc(-c2ccc(C(=O)Oc3ccc(C#N)cc3OC(=O)c3ccc(-c4ccc(OCCCCCCCCCOC(=O)C=C)cc4)nc3)cn2)cc1. The molecule has 3 aromatic carbocycles. The molecule has 2 heterocycles. The number of ether oxygens (including phenoxy) is 6. The number of aromatic nitrogens is 2. The van der Waals surface area contributed by atoms with E-state index >= 15 is 0 Å². The minimum atomic E-state index is -0.750. The number of carbonyl (C=O) groups excluding carboxylic acids is 4. The van der Waals surface area contributed by atoms with Gasteiger partial charge in [-0.2, -0.15) is 5.26 Å². The zero-order valence-corrected chi connectivity index (χ0v) is 38.5. The predicted molar refractivity (Wildman–Crippen MR) is 258 cm³/mol. The maximum Gasteiger partial charge on any atom is 0.345 e. The van der Waals surface area contributed by atoms with Crippen LogP contribution in [0.1, 0.15) is 116 Å². The van der Waals surface area contributed by atoms with Crippen LogP contribution in [0.5, 0.6) is 23.0 Å². The lowest BCUT2D eigenvalue weighted by Crippen LogP contribution is -2.13. The van der Waals surface area contributed by atoms with Gasteiger partial charge in [-0.3, -0.25) is 9.97 Å². The number of carbonyl (C=O) groups is 4. The molecule has 0 saturated carbocycles. The van der Waals surface area contributed by atoms with Gasteiger partial charge >= 0.3 is 23.9 Å². The Kier molecular flexibility index (Phi) is 22.0. The van der Waals surface area contributed by atoms with E-state index in [0.717, 1.165) is 113 Å². The minimum absolute atomic E-state index is 0.0491. The molecule has 354 valence electrons. The number of hydrogen-bond acceptors (Lipinski definition) is 13. The highest BCUT2D eigenvalue weighted by Gasteiger charge is 2.19. The molecule has 5 rings (SSSR count). The van der Waals surface area contributed by atoms with Crippen LogP contribution in [0.4, 0.5) is 0 Å². The van der Waals surface area contributed by atoms with Gasteiger partial charge in [0.1, 0.15) is 11.5 Å². The second-order valence-corrected chi connectivity index (χ2v) is 15.9. The van der Waals surface area contributed by atoms with Crippen LogP contribution in [0, 0.1) is 11.3 Å². The minimum Gasteiger partial charge on any atom is -0.494 e. The van der Waals surface area contributed by atoms with E-state index in [2.05, 4.69) is 23.1 Å². The van der Waals surface area contributed by atoms with Crippen molar-refractivity contribution in [3.05, 3.63) is 145 Å². The van der Waals surface area contributed by atoms with E-state index in [4.69, 9.17) is 28.4 Å². The van der Waals surface area contributed by atoms with E-state index in [-0.39, 0.29) is 40.1 Å². The fourth-order valence-corrected chi connectivity index (χ4v) is 6.89. The third-order valence-corrected chi connectivity index (χ3v) is 10.7. The van der Waals surface area contributed by atoms with Crippen molar-refractivity contribution in [3.8, 4) is 51.6 Å². The summed E-state index contributed by atoms with van der Waals surface area (Å²) >= 11 is 0. The summed E-state index contributed by atoms with van der Waals surface area (Å²) in [4.78, 5) is 57.6. The van der Waals surface area contributed by atoms with Gasteiger partial charge in [-0.1, -0.05) is 77.4 Å². The summed E-state index contributed by atoms with van der Waals surface area (Å²) in [6.45, 7) is 8.90. The van der Waals surface area contributed by atoms with Crippen LogP contribution in [-0.4, -0.2) is 60.3 Å². The van der Waals surface area contributed by atoms with Crippen LogP contribution in [-0.2, 0) is 19.1 Å². The Balaban J connectivity index is 1.03. The zero-order chi connectivity index (χ0) is 48.2. The van der Waals surface area contributed by atoms with E-state index < -0.39 is 11.9 Å². The standard InChI is InChI=1S/C55H59N3O10/c1-3-52(59)65-35-17-13-9-5-7-11-15-33-63-46-26-20-42(21-27-46)48-30-24-44(39-57-48)54(61)67-50-32-19-41(38-56)37-51(50)68-55(62)45-25-31-49(58-40-45)43-22-28-47(29-23-43)64-34-16-12-8-6-10-14-18-36-66-53(60)4-2/h3-4,19-32,37,39-40H,1-2,5-18,33-36H2. The fourth-order valence-electron chi connectivity index (χ4n) is 6.89. The van der Waals surface area contributed by atoms with Crippen molar-refractivity contribution in [1.29, 1.82) is 5.26 Å². The summed E-state index contributed by atoms with van der Waals surface area (Å²) in [6.07, 6.45) is 19.8. The largest absolute Gasteiger partial charge is 0.494 e. The molecule has 0 unspecified atom stereocenters. The molecule has 0 aliphatic rings. The van der Waals surface area contributed by atoms with E-state index in [1.54, 1.807) is 24.3 Å². The van der Waals surface area contributed by atoms with Gasteiger partial charge in [-0.15, -0.1) is 0 Å². The Morgan fingerprint density at radius 2 is 0.882 bits per heavy atom.